The predicted molar refractivity (Wildman–Crippen MR) is 103 cm³/mol. The van der Waals surface area contributed by atoms with Crippen LogP contribution in [0.3, 0.4) is 0 Å². The Kier molecular flexibility index (Phi) is 6.30. The minimum absolute atomic E-state index is 0.180. The van der Waals surface area contributed by atoms with Gasteiger partial charge in [0, 0.05) is 39.0 Å². The molecule has 3 rings (SSSR count). The largest absolute Gasteiger partial charge is 0.342 e. The van der Waals surface area contributed by atoms with Crippen LogP contribution in [0.5, 0.6) is 0 Å². The maximum absolute atomic E-state index is 12.8. The third-order valence-corrected chi connectivity index (χ3v) is 5.45. The Hall–Kier alpha value is -1.88. The highest BCUT2D eigenvalue weighted by Crippen LogP contribution is 2.31. The van der Waals surface area contributed by atoms with Gasteiger partial charge in [0.2, 0.25) is 11.8 Å². The van der Waals surface area contributed by atoms with Gasteiger partial charge in [-0.2, -0.15) is 0 Å². The molecule has 5 nitrogen and oxygen atoms in total. The van der Waals surface area contributed by atoms with Crippen molar-refractivity contribution in [3.63, 3.8) is 0 Å². The molecule has 2 heterocycles. The van der Waals surface area contributed by atoms with Crippen LogP contribution in [0.1, 0.15) is 55.7 Å². The van der Waals surface area contributed by atoms with Crippen molar-refractivity contribution < 1.29 is 9.59 Å². The topological polar surface area (TPSA) is 43.9 Å². The first kappa shape index (κ1) is 18.9. The highest BCUT2D eigenvalue weighted by molar-refractivity contribution is 5.80. The lowest BCUT2D eigenvalue weighted by molar-refractivity contribution is -0.136. The van der Waals surface area contributed by atoms with E-state index in [1.807, 2.05) is 9.80 Å². The number of nitrogens with zero attached hydrogens (tertiary/aromatic N) is 3. The molecule has 26 heavy (non-hydrogen) atoms. The zero-order valence-corrected chi connectivity index (χ0v) is 16.1. The van der Waals surface area contributed by atoms with Crippen LogP contribution in [0.4, 0.5) is 0 Å². The number of hydrogen-bond donors (Lipinski definition) is 0. The molecule has 142 valence electrons. The number of benzene rings is 1. The second-order valence-electron chi connectivity index (χ2n) is 7.81. The Labute approximate surface area is 156 Å². The van der Waals surface area contributed by atoms with Crippen LogP contribution < -0.4 is 0 Å². The number of piperidine rings is 1. The van der Waals surface area contributed by atoms with Gasteiger partial charge in [-0.05, 0) is 50.9 Å². The number of rotatable bonds is 6. The smallest absolute Gasteiger partial charge is 0.224 e. The lowest BCUT2D eigenvalue weighted by Crippen LogP contribution is -2.40. The first-order valence-electron chi connectivity index (χ1n) is 9.85. The fourth-order valence-corrected chi connectivity index (χ4v) is 4.10. The molecule has 1 atom stereocenters. The van der Waals surface area contributed by atoms with Gasteiger partial charge in [0.25, 0.3) is 0 Å². The van der Waals surface area contributed by atoms with E-state index in [-0.39, 0.29) is 17.9 Å². The molecule has 0 bridgehead atoms. The van der Waals surface area contributed by atoms with E-state index in [1.54, 1.807) is 0 Å². The lowest BCUT2D eigenvalue weighted by atomic mass is 9.94. The van der Waals surface area contributed by atoms with Gasteiger partial charge in [-0.1, -0.05) is 24.3 Å². The quantitative estimate of drug-likeness (QED) is 0.786. The molecular weight excluding hydrogens is 326 g/mol. The maximum atomic E-state index is 12.8. The van der Waals surface area contributed by atoms with Crippen LogP contribution in [0.15, 0.2) is 24.3 Å². The third-order valence-electron chi connectivity index (χ3n) is 5.45. The van der Waals surface area contributed by atoms with Crippen molar-refractivity contribution in [3.05, 3.63) is 35.4 Å². The monoisotopic (exact) mass is 357 g/mol. The summed E-state index contributed by atoms with van der Waals surface area (Å²) in [6.45, 7) is 3.14. The maximum Gasteiger partial charge on any atom is 0.224 e. The van der Waals surface area contributed by atoms with Crippen LogP contribution >= 0.6 is 0 Å². The summed E-state index contributed by atoms with van der Waals surface area (Å²) in [7, 11) is 4.14. The molecule has 0 aliphatic carbocycles. The van der Waals surface area contributed by atoms with Crippen LogP contribution in [-0.4, -0.2) is 60.2 Å². The summed E-state index contributed by atoms with van der Waals surface area (Å²) in [5.41, 5.74) is 2.53. The molecule has 2 saturated heterocycles. The summed E-state index contributed by atoms with van der Waals surface area (Å²) >= 11 is 0. The van der Waals surface area contributed by atoms with E-state index in [9.17, 15) is 9.59 Å². The zero-order chi connectivity index (χ0) is 18.5. The average molecular weight is 357 g/mol. The van der Waals surface area contributed by atoms with Crippen LogP contribution in [0.25, 0.3) is 0 Å². The van der Waals surface area contributed by atoms with Crippen molar-refractivity contribution in [2.24, 2.45) is 0 Å². The van der Waals surface area contributed by atoms with Gasteiger partial charge in [-0.3, -0.25) is 9.59 Å². The molecule has 1 aromatic carbocycles. The minimum atomic E-state index is 0.180. The van der Waals surface area contributed by atoms with Gasteiger partial charge in [0.15, 0.2) is 0 Å². The highest BCUT2D eigenvalue weighted by Gasteiger charge is 2.29. The zero-order valence-electron chi connectivity index (χ0n) is 16.1. The molecule has 2 aliphatic heterocycles. The molecule has 1 aromatic rings. The Morgan fingerprint density at radius 1 is 1.12 bits per heavy atom. The van der Waals surface area contributed by atoms with E-state index in [1.165, 1.54) is 17.5 Å². The Morgan fingerprint density at radius 3 is 2.54 bits per heavy atom. The molecule has 5 heteroatoms. The highest BCUT2D eigenvalue weighted by atomic mass is 16.2. The number of carbonyl (C=O) groups excluding carboxylic acids is 2. The number of hydrogen-bond acceptors (Lipinski definition) is 3. The SMILES string of the molecule is CN(C)Cc1ccc(C2CCCCN2C(=O)CCN2CCCC2=O)cc1. The van der Waals surface area contributed by atoms with Gasteiger partial charge < -0.3 is 14.7 Å². The number of likely N-dealkylation sites (tertiary alicyclic amines) is 2. The molecular formula is C21H31N3O2. The normalized spacial score (nSPS) is 20.9. The summed E-state index contributed by atoms with van der Waals surface area (Å²) in [6, 6.07) is 8.89. The van der Waals surface area contributed by atoms with E-state index in [4.69, 9.17) is 0 Å². The van der Waals surface area contributed by atoms with Gasteiger partial charge in [0.1, 0.15) is 0 Å². The van der Waals surface area contributed by atoms with Crippen molar-refractivity contribution in [3.8, 4) is 0 Å². The van der Waals surface area contributed by atoms with Crippen molar-refractivity contribution in [2.45, 2.75) is 51.1 Å². The van der Waals surface area contributed by atoms with Crippen LogP contribution in [0.2, 0.25) is 0 Å². The molecule has 0 radical (unpaired) electrons. The summed E-state index contributed by atoms with van der Waals surface area (Å²) in [4.78, 5) is 30.6. The second-order valence-corrected chi connectivity index (χ2v) is 7.81. The molecule has 0 saturated carbocycles. The Balaban J connectivity index is 1.63. The van der Waals surface area contributed by atoms with E-state index in [2.05, 4.69) is 43.3 Å². The first-order chi connectivity index (χ1) is 12.5. The fourth-order valence-electron chi connectivity index (χ4n) is 4.10. The average Bonchev–Trinajstić information content (AvgIpc) is 3.05. The standard InChI is InChI=1S/C21H31N3O2/c1-22(2)16-17-8-10-18(11-9-17)19-6-3-4-14-24(19)21(26)12-15-23-13-5-7-20(23)25/h8-11,19H,3-7,12-16H2,1-2H3. The second kappa shape index (κ2) is 8.67. The van der Waals surface area contributed by atoms with Gasteiger partial charge >= 0.3 is 0 Å². The van der Waals surface area contributed by atoms with E-state index >= 15 is 0 Å². The molecule has 2 fully saturated rings. The lowest BCUT2D eigenvalue weighted by Gasteiger charge is -2.36. The molecule has 2 aliphatic rings. The molecule has 0 aromatic heterocycles. The molecule has 0 N–H and O–H groups in total. The van der Waals surface area contributed by atoms with Gasteiger partial charge in [0.05, 0.1) is 6.04 Å². The molecule has 2 amide bonds. The minimum Gasteiger partial charge on any atom is -0.342 e. The van der Waals surface area contributed by atoms with E-state index < -0.39 is 0 Å². The van der Waals surface area contributed by atoms with Gasteiger partial charge in [-0.25, -0.2) is 0 Å². The van der Waals surface area contributed by atoms with E-state index in [0.29, 0.717) is 19.4 Å². The van der Waals surface area contributed by atoms with Gasteiger partial charge in [-0.15, -0.1) is 0 Å². The third kappa shape index (κ3) is 4.64. The summed E-state index contributed by atoms with van der Waals surface area (Å²) < 4.78 is 0. The molecule has 1 unspecified atom stereocenters. The van der Waals surface area contributed by atoms with Crippen LogP contribution in [-0.2, 0) is 16.1 Å². The van der Waals surface area contributed by atoms with E-state index in [0.717, 1.165) is 38.9 Å². The number of amides is 2. The fraction of sp³-hybridized carbons (Fsp3) is 0.619. The first-order valence-corrected chi connectivity index (χ1v) is 9.85. The summed E-state index contributed by atoms with van der Waals surface area (Å²) in [6.07, 6.45) is 5.28. The Bertz CT molecular complexity index is 627. The van der Waals surface area contributed by atoms with Crippen molar-refractivity contribution >= 4 is 11.8 Å². The summed E-state index contributed by atoms with van der Waals surface area (Å²) in [5, 5.41) is 0. The Morgan fingerprint density at radius 2 is 1.88 bits per heavy atom. The van der Waals surface area contributed by atoms with Crippen molar-refractivity contribution in [1.29, 1.82) is 0 Å². The summed E-state index contributed by atoms with van der Waals surface area (Å²) in [5.74, 6) is 0.385. The van der Waals surface area contributed by atoms with Crippen molar-refractivity contribution in [2.75, 3.05) is 33.7 Å². The predicted octanol–water partition coefficient (Wildman–Crippen LogP) is 2.81. The molecule has 0 spiro atoms. The van der Waals surface area contributed by atoms with Crippen LogP contribution in [0, 0.1) is 0 Å². The van der Waals surface area contributed by atoms with Crippen molar-refractivity contribution in [1.82, 2.24) is 14.7 Å². The number of carbonyl (C=O) groups is 2.